The number of nitrogens with one attached hydrogen (secondary N) is 2. The van der Waals surface area contributed by atoms with Crippen molar-refractivity contribution in [3.8, 4) is 11.1 Å². The molecule has 2 atom stereocenters. The minimum atomic E-state index is -1.00. The largest absolute Gasteiger partial charge is 0.481 e. The Morgan fingerprint density at radius 3 is 2.24 bits per heavy atom. The molecule has 0 heterocycles. The maximum absolute atomic E-state index is 12.5. The van der Waals surface area contributed by atoms with Gasteiger partial charge in [0.1, 0.15) is 6.61 Å². The highest BCUT2D eigenvalue weighted by atomic mass is 16.5. The van der Waals surface area contributed by atoms with Gasteiger partial charge in [0.05, 0.1) is 5.41 Å². The number of hydrogen-bond donors (Lipinski definition) is 3. The summed E-state index contributed by atoms with van der Waals surface area (Å²) in [5.41, 5.74) is 3.73. The van der Waals surface area contributed by atoms with Crippen LogP contribution < -0.4 is 10.6 Å². The number of rotatable bonds is 8. The summed E-state index contributed by atoms with van der Waals surface area (Å²) >= 11 is 0. The molecule has 0 radical (unpaired) electrons. The number of carboxylic acid groups (broad SMARTS) is 1. The van der Waals surface area contributed by atoms with E-state index in [2.05, 4.69) is 34.9 Å². The standard InChI is InChI=1S/C27H32N2O5/c1-27(2,25(31)32)16-28-24(30)14-17-11-12-18(13-17)29-26(33)34-15-23-21-9-5-3-7-19(21)20-8-4-6-10-22(20)23/h3-10,17-18,23H,11-16H2,1-2H3,(H,28,30)(H,29,33)(H,31,32)/t17-,18+/m1/s1. The Bertz CT molecular complexity index is 1030. The first-order valence-corrected chi connectivity index (χ1v) is 11.9. The van der Waals surface area contributed by atoms with Crippen molar-refractivity contribution in [1.82, 2.24) is 10.6 Å². The molecule has 0 aromatic heterocycles. The summed E-state index contributed by atoms with van der Waals surface area (Å²) in [7, 11) is 0. The number of hydrogen-bond acceptors (Lipinski definition) is 4. The third-order valence-electron chi connectivity index (χ3n) is 6.99. The van der Waals surface area contributed by atoms with Crippen molar-refractivity contribution in [1.29, 1.82) is 0 Å². The molecule has 1 fully saturated rings. The van der Waals surface area contributed by atoms with Gasteiger partial charge in [-0.1, -0.05) is 48.5 Å². The van der Waals surface area contributed by atoms with Crippen LogP contribution in [0, 0.1) is 11.3 Å². The van der Waals surface area contributed by atoms with Crippen LogP contribution in [0.25, 0.3) is 11.1 Å². The van der Waals surface area contributed by atoms with Crippen LogP contribution in [0.4, 0.5) is 4.79 Å². The van der Waals surface area contributed by atoms with Gasteiger partial charge in [0.25, 0.3) is 0 Å². The summed E-state index contributed by atoms with van der Waals surface area (Å²) in [5, 5.41) is 14.8. The van der Waals surface area contributed by atoms with Crippen LogP contribution >= 0.6 is 0 Å². The summed E-state index contributed by atoms with van der Waals surface area (Å²) in [6.45, 7) is 3.53. The van der Waals surface area contributed by atoms with Gasteiger partial charge in [-0.05, 0) is 61.3 Å². The summed E-state index contributed by atoms with van der Waals surface area (Å²) in [6, 6.07) is 16.4. The first kappa shape index (κ1) is 23.8. The van der Waals surface area contributed by atoms with Gasteiger partial charge in [0.15, 0.2) is 0 Å². The molecule has 7 heteroatoms. The number of aliphatic carboxylic acids is 1. The van der Waals surface area contributed by atoms with Crippen molar-refractivity contribution in [3.63, 3.8) is 0 Å². The Morgan fingerprint density at radius 1 is 1.00 bits per heavy atom. The molecule has 2 aromatic carbocycles. The Kier molecular flexibility index (Phi) is 6.91. The molecule has 180 valence electrons. The van der Waals surface area contributed by atoms with Gasteiger partial charge in [-0.15, -0.1) is 0 Å². The molecule has 4 rings (SSSR count). The molecule has 2 aliphatic rings. The van der Waals surface area contributed by atoms with E-state index in [-0.39, 0.29) is 36.9 Å². The minimum absolute atomic E-state index is 0.0215. The fraction of sp³-hybridized carbons (Fsp3) is 0.444. The molecule has 2 aliphatic carbocycles. The predicted octanol–water partition coefficient (Wildman–Crippen LogP) is 4.31. The lowest BCUT2D eigenvalue weighted by atomic mass is 9.93. The van der Waals surface area contributed by atoms with Gasteiger partial charge in [-0.3, -0.25) is 9.59 Å². The van der Waals surface area contributed by atoms with E-state index in [0.29, 0.717) is 12.8 Å². The van der Waals surface area contributed by atoms with Gasteiger partial charge >= 0.3 is 12.1 Å². The molecular formula is C27H32N2O5. The van der Waals surface area contributed by atoms with Gasteiger partial charge < -0.3 is 20.5 Å². The van der Waals surface area contributed by atoms with Gasteiger partial charge in [-0.2, -0.15) is 0 Å². The van der Waals surface area contributed by atoms with Crippen molar-refractivity contribution in [2.24, 2.45) is 11.3 Å². The minimum Gasteiger partial charge on any atom is -0.481 e. The summed E-state index contributed by atoms with van der Waals surface area (Å²) in [4.78, 5) is 35.9. The second-order valence-corrected chi connectivity index (χ2v) is 10.0. The fourth-order valence-corrected chi connectivity index (χ4v) is 4.93. The molecule has 0 bridgehead atoms. The lowest BCUT2D eigenvalue weighted by Crippen LogP contribution is -2.39. The van der Waals surface area contributed by atoms with E-state index < -0.39 is 17.5 Å². The third kappa shape index (κ3) is 5.24. The van der Waals surface area contributed by atoms with Crippen LogP contribution in [-0.2, 0) is 14.3 Å². The van der Waals surface area contributed by atoms with E-state index >= 15 is 0 Å². The van der Waals surface area contributed by atoms with E-state index in [1.54, 1.807) is 13.8 Å². The molecule has 2 amide bonds. The Hall–Kier alpha value is -3.35. The monoisotopic (exact) mass is 464 g/mol. The quantitative estimate of drug-likeness (QED) is 0.540. The van der Waals surface area contributed by atoms with Crippen LogP contribution in [-0.4, -0.2) is 42.3 Å². The number of ether oxygens (including phenoxy) is 1. The highest BCUT2D eigenvalue weighted by Crippen LogP contribution is 2.44. The number of carbonyl (C=O) groups is 3. The van der Waals surface area contributed by atoms with E-state index in [0.717, 1.165) is 12.8 Å². The maximum atomic E-state index is 12.5. The van der Waals surface area contributed by atoms with Crippen LogP contribution in [0.3, 0.4) is 0 Å². The number of alkyl carbamates (subject to hydrolysis) is 1. The molecule has 0 aliphatic heterocycles. The number of fused-ring (bicyclic) bond motifs is 3. The molecule has 7 nitrogen and oxygen atoms in total. The summed E-state index contributed by atoms with van der Waals surface area (Å²) in [6.07, 6.45) is 2.24. The molecule has 3 N–H and O–H groups in total. The van der Waals surface area contributed by atoms with Gasteiger partial charge in [0.2, 0.25) is 5.91 Å². The molecule has 0 unspecified atom stereocenters. The van der Waals surface area contributed by atoms with Crippen molar-refractivity contribution < 1.29 is 24.2 Å². The van der Waals surface area contributed by atoms with Crippen molar-refractivity contribution in [2.75, 3.05) is 13.2 Å². The average molecular weight is 465 g/mol. The number of amides is 2. The first-order chi connectivity index (χ1) is 16.2. The Labute approximate surface area is 199 Å². The zero-order chi connectivity index (χ0) is 24.3. The smallest absolute Gasteiger partial charge is 0.407 e. The number of carboxylic acids is 1. The SMILES string of the molecule is CC(C)(CNC(=O)C[C@@H]1CC[C@H](NC(=O)OCC2c3ccccc3-c3ccccc32)C1)C(=O)O. The maximum Gasteiger partial charge on any atom is 0.407 e. The summed E-state index contributed by atoms with van der Waals surface area (Å²) < 4.78 is 5.63. The van der Waals surface area contributed by atoms with Crippen molar-refractivity contribution in [2.45, 2.75) is 51.5 Å². The van der Waals surface area contributed by atoms with E-state index in [9.17, 15) is 14.4 Å². The van der Waals surface area contributed by atoms with E-state index in [1.807, 2.05) is 24.3 Å². The predicted molar refractivity (Wildman–Crippen MR) is 128 cm³/mol. The highest BCUT2D eigenvalue weighted by Gasteiger charge is 2.32. The zero-order valence-corrected chi connectivity index (χ0v) is 19.7. The number of benzene rings is 2. The highest BCUT2D eigenvalue weighted by molar-refractivity contribution is 5.80. The lowest BCUT2D eigenvalue weighted by Gasteiger charge is -2.20. The molecule has 1 saturated carbocycles. The second-order valence-electron chi connectivity index (χ2n) is 10.0. The molecular weight excluding hydrogens is 432 g/mol. The van der Waals surface area contributed by atoms with Crippen molar-refractivity contribution in [3.05, 3.63) is 59.7 Å². The zero-order valence-electron chi connectivity index (χ0n) is 19.7. The van der Waals surface area contributed by atoms with Gasteiger partial charge in [-0.25, -0.2) is 4.79 Å². The van der Waals surface area contributed by atoms with Crippen LogP contribution in [0.1, 0.15) is 56.6 Å². The van der Waals surface area contributed by atoms with Crippen molar-refractivity contribution >= 4 is 18.0 Å². The average Bonchev–Trinajstić information content (AvgIpc) is 3.38. The second kappa shape index (κ2) is 9.87. The summed E-state index contributed by atoms with van der Waals surface area (Å²) in [5.74, 6) is -0.915. The topological polar surface area (TPSA) is 105 Å². The van der Waals surface area contributed by atoms with E-state index in [1.165, 1.54) is 22.3 Å². The first-order valence-electron chi connectivity index (χ1n) is 11.9. The molecule has 0 saturated heterocycles. The lowest BCUT2D eigenvalue weighted by molar-refractivity contribution is -0.146. The van der Waals surface area contributed by atoms with E-state index in [4.69, 9.17) is 9.84 Å². The van der Waals surface area contributed by atoms with Crippen LogP contribution in [0.5, 0.6) is 0 Å². The molecule has 2 aromatic rings. The molecule has 0 spiro atoms. The Morgan fingerprint density at radius 2 is 1.62 bits per heavy atom. The van der Waals surface area contributed by atoms with Crippen LogP contribution in [0.2, 0.25) is 0 Å². The number of carbonyl (C=O) groups excluding carboxylic acids is 2. The van der Waals surface area contributed by atoms with Crippen LogP contribution in [0.15, 0.2) is 48.5 Å². The normalized spacial score (nSPS) is 19.2. The molecule has 34 heavy (non-hydrogen) atoms. The third-order valence-corrected chi connectivity index (χ3v) is 6.99. The van der Waals surface area contributed by atoms with Gasteiger partial charge in [0, 0.05) is 24.9 Å². The fourth-order valence-electron chi connectivity index (χ4n) is 4.93. The Balaban J connectivity index is 1.24.